The lowest BCUT2D eigenvalue weighted by Gasteiger charge is -2.34. The minimum absolute atomic E-state index is 0.294. The third-order valence-corrected chi connectivity index (χ3v) is 6.64. The fourth-order valence-electron chi connectivity index (χ4n) is 3.02. The highest BCUT2D eigenvalue weighted by Gasteiger charge is 2.30. The van der Waals surface area contributed by atoms with Crippen LogP contribution in [0.4, 0.5) is 0 Å². The molecule has 2 aromatic rings. The molecule has 2 aromatic carbocycles. The van der Waals surface area contributed by atoms with E-state index < -0.39 is 0 Å². The molecule has 1 fully saturated rings. The average molecular weight is 362 g/mol. The first kappa shape index (κ1) is 15.1. The topological polar surface area (TPSA) is 26.0 Å². The summed E-state index contributed by atoms with van der Waals surface area (Å²) in [6, 6.07) is 19.6. The SMILES string of the molecule is NC1CCC(c2ccccc2)CC1Sc1ccccc1Br. The Kier molecular flexibility index (Phi) is 5.04. The summed E-state index contributed by atoms with van der Waals surface area (Å²) in [4.78, 5) is 1.30. The molecule has 0 aliphatic heterocycles. The Balaban J connectivity index is 1.74. The van der Waals surface area contributed by atoms with E-state index in [-0.39, 0.29) is 0 Å². The highest BCUT2D eigenvalue weighted by atomic mass is 79.9. The van der Waals surface area contributed by atoms with Crippen molar-refractivity contribution >= 4 is 27.7 Å². The number of halogens is 1. The lowest BCUT2D eigenvalue weighted by molar-refractivity contribution is 0.406. The van der Waals surface area contributed by atoms with Gasteiger partial charge in [-0.25, -0.2) is 0 Å². The minimum Gasteiger partial charge on any atom is -0.327 e. The first-order valence-electron chi connectivity index (χ1n) is 7.46. The molecule has 0 saturated heterocycles. The number of hydrogen-bond acceptors (Lipinski definition) is 2. The van der Waals surface area contributed by atoms with E-state index in [1.54, 1.807) is 0 Å². The van der Waals surface area contributed by atoms with Crippen LogP contribution in [-0.4, -0.2) is 11.3 Å². The molecule has 3 unspecified atom stereocenters. The van der Waals surface area contributed by atoms with E-state index in [2.05, 4.69) is 70.5 Å². The first-order valence-corrected chi connectivity index (χ1v) is 9.13. The Bertz CT molecular complexity index is 587. The zero-order chi connectivity index (χ0) is 14.7. The van der Waals surface area contributed by atoms with E-state index in [0.717, 1.165) is 12.8 Å². The van der Waals surface area contributed by atoms with Crippen molar-refractivity contribution in [3.63, 3.8) is 0 Å². The molecule has 1 saturated carbocycles. The summed E-state index contributed by atoms with van der Waals surface area (Å²) in [6.45, 7) is 0. The molecule has 1 aliphatic rings. The fourth-order valence-corrected chi connectivity index (χ4v) is 4.89. The van der Waals surface area contributed by atoms with Crippen LogP contribution in [0.1, 0.15) is 30.7 Å². The van der Waals surface area contributed by atoms with Gasteiger partial charge in [-0.2, -0.15) is 0 Å². The fraction of sp³-hybridized carbons (Fsp3) is 0.333. The second-order valence-corrected chi connectivity index (χ2v) is 7.81. The predicted octanol–water partition coefficient (Wildman–Crippen LogP) is 5.20. The van der Waals surface area contributed by atoms with Crippen LogP contribution in [0.25, 0.3) is 0 Å². The third-order valence-electron chi connectivity index (χ3n) is 4.23. The van der Waals surface area contributed by atoms with Crippen molar-refractivity contribution in [2.45, 2.75) is 41.4 Å². The van der Waals surface area contributed by atoms with Crippen molar-refractivity contribution in [3.8, 4) is 0 Å². The van der Waals surface area contributed by atoms with Gasteiger partial charge in [0.2, 0.25) is 0 Å². The van der Waals surface area contributed by atoms with E-state index in [4.69, 9.17) is 5.73 Å². The van der Waals surface area contributed by atoms with E-state index in [0.29, 0.717) is 17.2 Å². The molecule has 2 N–H and O–H groups in total. The summed E-state index contributed by atoms with van der Waals surface area (Å²) in [5.74, 6) is 0.644. The highest BCUT2D eigenvalue weighted by Crippen LogP contribution is 2.41. The highest BCUT2D eigenvalue weighted by molar-refractivity contribution is 9.10. The molecule has 0 radical (unpaired) electrons. The van der Waals surface area contributed by atoms with Crippen molar-refractivity contribution in [3.05, 3.63) is 64.6 Å². The van der Waals surface area contributed by atoms with Gasteiger partial charge in [0.1, 0.15) is 0 Å². The normalized spacial score (nSPS) is 25.7. The zero-order valence-electron chi connectivity index (χ0n) is 11.9. The van der Waals surface area contributed by atoms with E-state index in [1.165, 1.54) is 21.4 Å². The molecule has 110 valence electrons. The summed E-state index contributed by atoms with van der Waals surface area (Å²) >= 11 is 5.57. The standard InChI is InChI=1S/C18H20BrNS/c19-15-8-4-5-9-17(15)21-18-12-14(10-11-16(18)20)13-6-2-1-3-7-13/h1-9,14,16,18H,10-12,20H2. The average Bonchev–Trinajstić information content (AvgIpc) is 2.52. The maximum absolute atomic E-state index is 6.38. The van der Waals surface area contributed by atoms with E-state index in [1.807, 2.05) is 11.8 Å². The lowest BCUT2D eigenvalue weighted by atomic mass is 9.82. The molecule has 21 heavy (non-hydrogen) atoms. The second kappa shape index (κ2) is 6.99. The lowest BCUT2D eigenvalue weighted by Crippen LogP contribution is -2.37. The molecule has 3 rings (SSSR count). The number of thioether (sulfide) groups is 1. The number of rotatable bonds is 3. The molecule has 0 bridgehead atoms. The van der Waals surface area contributed by atoms with Crippen molar-refractivity contribution in [2.24, 2.45) is 5.73 Å². The van der Waals surface area contributed by atoms with Crippen LogP contribution < -0.4 is 5.73 Å². The van der Waals surface area contributed by atoms with Crippen LogP contribution in [0.3, 0.4) is 0 Å². The first-order chi connectivity index (χ1) is 10.2. The van der Waals surface area contributed by atoms with Crippen LogP contribution >= 0.6 is 27.7 Å². The largest absolute Gasteiger partial charge is 0.327 e. The molecule has 3 atom stereocenters. The second-order valence-electron chi connectivity index (χ2n) is 5.67. The summed E-state index contributed by atoms with van der Waals surface area (Å²) < 4.78 is 1.17. The van der Waals surface area contributed by atoms with Crippen molar-refractivity contribution in [2.75, 3.05) is 0 Å². The Labute approximate surface area is 139 Å². The molecular formula is C18H20BrNS. The van der Waals surface area contributed by atoms with Gasteiger partial charge in [0.25, 0.3) is 0 Å². The number of hydrogen-bond donors (Lipinski definition) is 1. The number of benzene rings is 2. The van der Waals surface area contributed by atoms with Gasteiger partial charge in [0, 0.05) is 20.7 Å². The van der Waals surface area contributed by atoms with Crippen LogP contribution in [0.5, 0.6) is 0 Å². The quantitative estimate of drug-likeness (QED) is 0.812. The van der Waals surface area contributed by atoms with E-state index >= 15 is 0 Å². The van der Waals surface area contributed by atoms with Gasteiger partial charge in [-0.15, -0.1) is 11.8 Å². The monoisotopic (exact) mass is 361 g/mol. The predicted molar refractivity (Wildman–Crippen MR) is 94.8 cm³/mol. The molecule has 1 nitrogen and oxygen atoms in total. The summed E-state index contributed by atoms with van der Waals surface area (Å²) in [7, 11) is 0. The van der Waals surface area contributed by atoms with Crippen LogP contribution in [0.15, 0.2) is 64.0 Å². The van der Waals surface area contributed by atoms with Gasteiger partial charge in [-0.1, -0.05) is 42.5 Å². The Morgan fingerprint density at radius 3 is 2.43 bits per heavy atom. The molecule has 0 amide bonds. The van der Waals surface area contributed by atoms with Gasteiger partial charge in [0.05, 0.1) is 0 Å². The van der Waals surface area contributed by atoms with Crippen LogP contribution in [-0.2, 0) is 0 Å². The Morgan fingerprint density at radius 1 is 0.952 bits per heavy atom. The van der Waals surface area contributed by atoms with Crippen LogP contribution in [0.2, 0.25) is 0 Å². The summed E-state index contributed by atoms with van der Waals surface area (Å²) in [5.41, 5.74) is 7.84. The van der Waals surface area contributed by atoms with Gasteiger partial charge in [-0.05, 0) is 58.8 Å². The minimum atomic E-state index is 0.294. The summed E-state index contributed by atoms with van der Waals surface area (Å²) in [6.07, 6.45) is 3.48. The van der Waals surface area contributed by atoms with Gasteiger partial charge < -0.3 is 5.73 Å². The van der Waals surface area contributed by atoms with Crippen molar-refractivity contribution < 1.29 is 0 Å². The van der Waals surface area contributed by atoms with E-state index in [9.17, 15) is 0 Å². The van der Waals surface area contributed by atoms with Crippen LogP contribution in [0, 0.1) is 0 Å². The molecule has 0 spiro atoms. The number of nitrogens with two attached hydrogens (primary N) is 1. The maximum atomic E-state index is 6.38. The van der Waals surface area contributed by atoms with Crippen molar-refractivity contribution in [1.29, 1.82) is 0 Å². The maximum Gasteiger partial charge on any atom is 0.0311 e. The smallest absolute Gasteiger partial charge is 0.0311 e. The molecule has 0 aromatic heterocycles. The molecule has 0 heterocycles. The molecule has 3 heteroatoms. The Morgan fingerprint density at radius 2 is 1.67 bits per heavy atom. The molecular weight excluding hydrogens is 342 g/mol. The van der Waals surface area contributed by atoms with Gasteiger partial charge >= 0.3 is 0 Å². The van der Waals surface area contributed by atoms with Crippen molar-refractivity contribution in [1.82, 2.24) is 0 Å². The molecule has 1 aliphatic carbocycles. The summed E-state index contributed by atoms with van der Waals surface area (Å²) in [5, 5.41) is 0.489. The van der Waals surface area contributed by atoms with Gasteiger partial charge in [0.15, 0.2) is 0 Å². The Hall–Kier alpha value is -0.770. The zero-order valence-corrected chi connectivity index (χ0v) is 14.3. The third kappa shape index (κ3) is 3.71. The van der Waals surface area contributed by atoms with Gasteiger partial charge in [-0.3, -0.25) is 0 Å².